The SMILES string of the molecule is Cc1nnc(CN=C(NCCCN(C)c2ccccc2)NC2CCC(=O)N(C)C2)n1C.I. The van der Waals surface area contributed by atoms with Crippen LogP contribution >= 0.6 is 24.0 Å². The normalized spacial score (nSPS) is 16.5. The minimum atomic E-state index is 0. The lowest BCUT2D eigenvalue weighted by atomic mass is 10.1. The number of nitrogens with zero attached hydrogens (tertiary/aromatic N) is 6. The molecule has 10 heteroatoms. The number of piperidine rings is 1. The van der Waals surface area contributed by atoms with Crippen molar-refractivity contribution in [2.24, 2.45) is 12.0 Å². The monoisotopic (exact) mass is 554 g/mol. The molecule has 1 aromatic carbocycles. The molecule has 9 nitrogen and oxygen atoms in total. The van der Waals surface area contributed by atoms with Gasteiger partial charge in [-0.15, -0.1) is 34.2 Å². The number of anilines is 1. The number of carbonyl (C=O) groups is 1. The number of aromatic nitrogens is 3. The second-order valence-electron chi connectivity index (χ2n) is 8.08. The molecule has 2 heterocycles. The van der Waals surface area contributed by atoms with E-state index in [-0.39, 0.29) is 35.9 Å². The molecule has 1 aliphatic rings. The molecule has 0 saturated carbocycles. The number of likely N-dealkylation sites (N-methyl/N-ethyl adjacent to an activating group) is 1. The molecule has 1 amide bonds. The Morgan fingerprint density at radius 3 is 2.66 bits per heavy atom. The van der Waals surface area contributed by atoms with E-state index in [2.05, 4.69) is 57.0 Å². The fourth-order valence-electron chi connectivity index (χ4n) is 3.55. The zero-order chi connectivity index (χ0) is 22.2. The number of hydrogen-bond acceptors (Lipinski definition) is 5. The van der Waals surface area contributed by atoms with Gasteiger partial charge in [-0.25, -0.2) is 4.99 Å². The first-order chi connectivity index (χ1) is 14.9. The van der Waals surface area contributed by atoms with Gasteiger partial charge >= 0.3 is 0 Å². The van der Waals surface area contributed by atoms with E-state index in [0.717, 1.165) is 43.5 Å². The predicted molar refractivity (Wildman–Crippen MR) is 138 cm³/mol. The summed E-state index contributed by atoms with van der Waals surface area (Å²) in [6.07, 6.45) is 2.34. The molecule has 1 aromatic heterocycles. The van der Waals surface area contributed by atoms with Gasteiger partial charge in [0.25, 0.3) is 0 Å². The first-order valence-corrected chi connectivity index (χ1v) is 10.8. The molecular formula is C22H35IN8O. The summed E-state index contributed by atoms with van der Waals surface area (Å²) in [5.41, 5.74) is 1.21. The van der Waals surface area contributed by atoms with E-state index in [1.807, 2.05) is 31.7 Å². The third kappa shape index (κ3) is 7.35. The van der Waals surface area contributed by atoms with Crippen LogP contribution in [-0.4, -0.2) is 71.3 Å². The Morgan fingerprint density at radius 2 is 2.00 bits per heavy atom. The summed E-state index contributed by atoms with van der Waals surface area (Å²) in [4.78, 5) is 20.6. The van der Waals surface area contributed by atoms with E-state index in [1.54, 1.807) is 4.90 Å². The van der Waals surface area contributed by atoms with Gasteiger partial charge in [-0.3, -0.25) is 4.79 Å². The van der Waals surface area contributed by atoms with Crippen molar-refractivity contribution in [1.82, 2.24) is 30.3 Å². The molecule has 0 spiro atoms. The number of rotatable bonds is 8. The number of guanidine groups is 1. The Bertz CT molecular complexity index is 885. The molecule has 2 N–H and O–H groups in total. The molecule has 1 saturated heterocycles. The summed E-state index contributed by atoms with van der Waals surface area (Å²) in [6.45, 7) is 4.78. The lowest BCUT2D eigenvalue weighted by molar-refractivity contribution is -0.132. The van der Waals surface area contributed by atoms with Crippen molar-refractivity contribution in [1.29, 1.82) is 0 Å². The molecule has 32 heavy (non-hydrogen) atoms. The van der Waals surface area contributed by atoms with E-state index in [1.165, 1.54) is 5.69 Å². The van der Waals surface area contributed by atoms with Gasteiger partial charge in [0.15, 0.2) is 11.8 Å². The Kier molecular flexibility index (Phi) is 10.2. The van der Waals surface area contributed by atoms with Crippen LogP contribution in [0.2, 0.25) is 0 Å². The van der Waals surface area contributed by atoms with E-state index < -0.39 is 0 Å². The molecule has 176 valence electrons. The van der Waals surface area contributed by atoms with Gasteiger partial charge in [-0.2, -0.15) is 0 Å². The number of aliphatic imine (C=N–C) groups is 1. The van der Waals surface area contributed by atoms with Crippen LogP contribution in [0, 0.1) is 6.92 Å². The van der Waals surface area contributed by atoms with Gasteiger partial charge in [0.05, 0.1) is 0 Å². The summed E-state index contributed by atoms with van der Waals surface area (Å²) in [5, 5.41) is 15.2. The highest BCUT2D eigenvalue weighted by Gasteiger charge is 2.23. The topological polar surface area (TPSA) is 90.7 Å². The molecule has 3 rings (SSSR count). The Hall–Kier alpha value is -2.37. The largest absolute Gasteiger partial charge is 0.375 e. The van der Waals surface area contributed by atoms with Crippen molar-refractivity contribution in [3.05, 3.63) is 42.0 Å². The lowest BCUT2D eigenvalue weighted by Gasteiger charge is -2.31. The number of nitrogens with one attached hydrogen (secondary N) is 2. The van der Waals surface area contributed by atoms with Crippen molar-refractivity contribution < 1.29 is 4.79 Å². The average Bonchev–Trinajstić information content (AvgIpc) is 3.10. The number of aryl methyl sites for hydroxylation is 1. The lowest BCUT2D eigenvalue weighted by Crippen LogP contribution is -2.52. The minimum absolute atomic E-state index is 0. The quantitative estimate of drug-likeness (QED) is 0.224. The van der Waals surface area contributed by atoms with Crippen LogP contribution in [0.25, 0.3) is 0 Å². The summed E-state index contributed by atoms with van der Waals surface area (Å²) >= 11 is 0. The second-order valence-corrected chi connectivity index (χ2v) is 8.08. The van der Waals surface area contributed by atoms with Gasteiger partial charge in [0.1, 0.15) is 12.4 Å². The molecule has 0 bridgehead atoms. The summed E-state index contributed by atoms with van der Waals surface area (Å²) in [6, 6.07) is 10.6. The van der Waals surface area contributed by atoms with Crippen LogP contribution in [0.15, 0.2) is 35.3 Å². The second kappa shape index (κ2) is 12.6. The molecule has 0 radical (unpaired) electrons. The van der Waals surface area contributed by atoms with E-state index in [0.29, 0.717) is 19.5 Å². The maximum absolute atomic E-state index is 11.8. The zero-order valence-electron chi connectivity index (χ0n) is 19.4. The van der Waals surface area contributed by atoms with Crippen molar-refractivity contribution in [3.63, 3.8) is 0 Å². The Balaban J connectivity index is 0.00000363. The fourth-order valence-corrected chi connectivity index (χ4v) is 3.55. The van der Waals surface area contributed by atoms with E-state index >= 15 is 0 Å². The van der Waals surface area contributed by atoms with Crippen LogP contribution in [0.3, 0.4) is 0 Å². The molecular weight excluding hydrogens is 519 g/mol. The molecule has 1 atom stereocenters. The Labute approximate surface area is 207 Å². The number of para-hydroxylation sites is 1. The maximum Gasteiger partial charge on any atom is 0.222 e. The zero-order valence-corrected chi connectivity index (χ0v) is 21.7. The van der Waals surface area contributed by atoms with Gasteiger partial charge in [0.2, 0.25) is 5.91 Å². The number of halogens is 1. The highest BCUT2D eigenvalue weighted by molar-refractivity contribution is 14.0. The maximum atomic E-state index is 11.8. The smallest absolute Gasteiger partial charge is 0.222 e. The third-order valence-electron chi connectivity index (χ3n) is 5.69. The number of hydrogen-bond donors (Lipinski definition) is 2. The van der Waals surface area contributed by atoms with Crippen LogP contribution in [0.5, 0.6) is 0 Å². The van der Waals surface area contributed by atoms with E-state index in [4.69, 9.17) is 4.99 Å². The van der Waals surface area contributed by atoms with Crippen molar-refractivity contribution in [2.75, 3.05) is 38.6 Å². The molecule has 2 aromatic rings. The van der Waals surface area contributed by atoms with Crippen molar-refractivity contribution in [2.45, 2.75) is 38.8 Å². The first kappa shape index (κ1) is 25.9. The van der Waals surface area contributed by atoms with Crippen LogP contribution in [-0.2, 0) is 18.4 Å². The first-order valence-electron chi connectivity index (χ1n) is 10.8. The molecule has 1 unspecified atom stereocenters. The predicted octanol–water partition coefficient (Wildman–Crippen LogP) is 1.92. The van der Waals surface area contributed by atoms with Gasteiger partial charge < -0.3 is 25.0 Å². The van der Waals surface area contributed by atoms with Gasteiger partial charge in [-0.05, 0) is 31.9 Å². The summed E-state index contributed by atoms with van der Waals surface area (Å²) in [5.74, 6) is 2.63. The number of benzene rings is 1. The highest BCUT2D eigenvalue weighted by atomic mass is 127. The fraction of sp³-hybridized carbons (Fsp3) is 0.545. The summed E-state index contributed by atoms with van der Waals surface area (Å²) in [7, 11) is 5.90. The number of carbonyl (C=O) groups excluding carboxylic acids is 1. The highest BCUT2D eigenvalue weighted by Crippen LogP contribution is 2.11. The van der Waals surface area contributed by atoms with E-state index in [9.17, 15) is 4.79 Å². The van der Waals surface area contributed by atoms with Crippen LogP contribution < -0.4 is 15.5 Å². The molecule has 1 fully saturated rings. The molecule has 1 aliphatic heterocycles. The Morgan fingerprint density at radius 1 is 1.25 bits per heavy atom. The number of amides is 1. The standard InChI is InChI=1S/C22H34N8O.HI/c1-17-26-27-20(30(17)4)15-24-22(25-18-11-12-21(31)29(3)16-18)23-13-8-14-28(2)19-9-6-5-7-10-19;/h5-7,9-10,18H,8,11-16H2,1-4H3,(H2,23,24,25);1H. The van der Waals surface area contributed by atoms with Gasteiger partial charge in [-0.1, -0.05) is 18.2 Å². The summed E-state index contributed by atoms with van der Waals surface area (Å²) < 4.78 is 1.95. The van der Waals surface area contributed by atoms with Crippen molar-refractivity contribution >= 4 is 41.5 Å². The molecule has 0 aliphatic carbocycles. The van der Waals surface area contributed by atoms with Gasteiger partial charge in [0, 0.05) is 58.9 Å². The van der Waals surface area contributed by atoms with Crippen molar-refractivity contribution in [3.8, 4) is 0 Å². The number of likely N-dealkylation sites (tertiary alicyclic amines) is 1. The third-order valence-corrected chi connectivity index (χ3v) is 5.69. The van der Waals surface area contributed by atoms with Crippen LogP contribution in [0.4, 0.5) is 5.69 Å². The van der Waals surface area contributed by atoms with Crippen LogP contribution in [0.1, 0.15) is 30.9 Å². The average molecular weight is 554 g/mol. The minimum Gasteiger partial charge on any atom is -0.375 e.